The van der Waals surface area contributed by atoms with Gasteiger partial charge in [-0.15, -0.1) is 0 Å². The molecule has 4 amide bonds. The molecule has 0 bridgehead atoms. The number of ether oxygens (including phenoxy) is 2. The van der Waals surface area contributed by atoms with E-state index in [0.717, 1.165) is 10.5 Å². The van der Waals surface area contributed by atoms with Gasteiger partial charge >= 0.3 is 6.03 Å². The van der Waals surface area contributed by atoms with E-state index in [-0.39, 0.29) is 36.6 Å². The number of carbonyl (C=O) groups excluding carboxylic acids is 3. The van der Waals surface area contributed by atoms with Crippen LogP contribution >= 0.6 is 0 Å². The molecule has 0 aliphatic carbocycles. The largest absolute Gasteiger partial charge is 0.493 e. The molecule has 0 spiro atoms. The molecule has 8 heteroatoms. The topological polar surface area (TPSA) is 97.0 Å². The molecule has 8 nitrogen and oxygen atoms in total. The van der Waals surface area contributed by atoms with E-state index in [4.69, 9.17) is 9.47 Å². The summed E-state index contributed by atoms with van der Waals surface area (Å²) in [5, 5.41) is 5.71. The van der Waals surface area contributed by atoms with E-state index in [9.17, 15) is 14.4 Å². The number of urea groups is 1. The van der Waals surface area contributed by atoms with Crippen LogP contribution in [-0.4, -0.2) is 38.1 Å². The first-order valence-electron chi connectivity index (χ1n) is 10.6. The second-order valence-electron chi connectivity index (χ2n) is 7.95. The highest BCUT2D eigenvalue weighted by Gasteiger charge is 2.39. The van der Waals surface area contributed by atoms with Crippen LogP contribution in [0.5, 0.6) is 11.5 Å². The number of imide groups is 1. The molecule has 1 aliphatic rings. The Bertz CT molecular complexity index is 977. The summed E-state index contributed by atoms with van der Waals surface area (Å²) in [6, 6.07) is 12.8. The van der Waals surface area contributed by atoms with Crippen LogP contribution in [0.4, 0.5) is 10.5 Å². The van der Waals surface area contributed by atoms with E-state index in [1.165, 1.54) is 0 Å². The lowest BCUT2D eigenvalue weighted by molar-refractivity contribution is -0.122. The summed E-state index contributed by atoms with van der Waals surface area (Å²) in [5.74, 6) is 0.778. The Balaban J connectivity index is 1.63. The minimum atomic E-state index is -0.730. The summed E-state index contributed by atoms with van der Waals surface area (Å²) in [6.07, 6.45) is 0.326. The van der Waals surface area contributed by atoms with Gasteiger partial charge in [0.1, 0.15) is 6.04 Å². The number of benzene rings is 2. The molecule has 0 unspecified atom stereocenters. The summed E-state index contributed by atoms with van der Waals surface area (Å²) in [6.45, 7) is 4.03. The van der Waals surface area contributed by atoms with Crippen molar-refractivity contribution < 1.29 is 23.9 Å². The van der Waals surface area contributed by atoms with Crippen molar-refractivity contribution in [3.63, 3.8) is 0 Å². The van der Waals surface area contributed by atoms with Gasteiger partial charge in [0.05, 0.1) is 25.9 Å². The van der Waals surface area contributed by atoms with E-state index in [0.29, 0.717) is 17.2 Å². The molecule has 0 radical (unpaired) electrons. The second kappa shape index (κ2) is 10.2. The summed E-state index contributed by atoms with van der Waals surface area (Å²) in [5.41, 5.74) is 1.40. The SMILES string of the molecule is COc1ccc([C@@H](NC(=O)CC[C@H]2NC(=O)N(c3ccccc3)C2=O)C(C)C)cc1OC. The molecule has 2 aromatic rings. The number of carbonyl (C=O) groups is 3. The number of hydrogen-bond acceptors (Lipinski definition) is 5. The number of nitrogens with zero attached hydrogens (tertiary/aromatic N) is 1. The third-order valence-corrected chi connectivity index (χ3v) is 5.44. The molecule has 0 saturated carbocycles. The van der Waals surface area contributed by atoms with Crippen molar-refractivity contribution in [2.75, 3.05) is 19.1 Å². The van der Waals surface area contributed by atoms with Crippen molar-refractivity contribution in [2.45, 2.75) is 38.8 Å². The van der Waals surface area contributed by atoms with Crippen molar-refractivity contribution in [1.82, 2.24) is 10.6 Å². The molecule has 1 heterocycles. The van der Waals surface area contributed by atoms with E-state index < -0.39 is 12.1 Å². The van der Waals surface area contributed by atoms with Crippen LogP contribution < -0.4 is 25.0 Å². The molecular formula is C24H29N3O5. The van der Waals surface area contributed by atoms with Gasteiger partial charge in [0, 0.05) is 6.42 Å². The van der Waals surface area contributed by atoms with Gasteiger partial charge in [-0.1, -0.05) is 38.1 Å². The molecule has 1 aliphatic heterocycles. The molecule has 3 rings (SSSR count). The van der Waals surface area contributed by atoms with E-state index >= 15 is 0 Å². The maximum Gasteiger partial charge on any atom is 0.329 e. The molecule has 2 aromatic carbocycles. The lowest BCUT2D eigenvalue weighted by atomic mass is 9.95. The third kappa shape index (κ3) is 5.01. The lowest BCUT2D eigenvalue weighted by Gasteiger charge is -2.24. The molecular weight excluding hydrogens is 410 g/mol. The number of methoxy groups -OCH3 is 2. The summed E-state index contributed by atoms with van der Waals surface area (Å²) < 4.78 is 10.7. The first-order chi connectivity index (χ1) is 15.3. The normalized spacial score (nSPS) is 16.7. The Hall–Kier alpha value is -3.55. The molecule has 1 fully saturated rings. The maximum absolute atomic E-state index is 12.7. The molecule has 0 aromatic heterocycles. The summed E-state index contributed by atoms with van der Waals surface area (Å²) >= 11 is 0. The standard InChI is InChI=1S/C24H29N3O5/c1-15(2)22(16-10-12-19(31-3)20(14-16)32-4)26-21(28)13-11-18-23(29)27(24(30)25-18)17-8-6-5-7-9-17/h5-10,12,14-15,18,22H,11,13H2,1-4H3,(H,25,30)(H,26,28)/t18-,22+/m1/s1. The van der Waals surface area contributed by atoms with Crippen LogP contribution in [0.1, 0.15) is 38.3 Å². The smallest absolute Gasteiger partial charge is 0.329 e. The van der Waals surface area contributed by atoms with Crippen LogP contribution in [0.15, 0.2) is 48.5 Å². The van der Waals surface area contributed by atoms with E-state index in [1.807, 2.05) is 32.0 Å². The zero-order valence-electron chi connectivity index (χ0n) is 18.8. The Morgan fingerprint density at radius 2 is 1.75 bits per heavy atom. The maximum atomic E-state index is 12.7. The van der Waals surface area contributed by atoms with Gasteiger partial charge in [-0.05, 0) is 42.2 Å². The van der Waals surface area contributed by atoms with Crippen molar-refractivity contribution in [1.29, 1.82) is 0 Å². The minimum absolute atomic E-state index is 0.107. The zero-order valence-corrected chi connectivity index (χ0v) is 18.8. The van der Waals surface area contributed by atoms with Crippen molar-refractivity contribution in [3.05, 3.63) is 54.1 Å². The fraction of sp³-hybridized carbons (Fsp3) is 0.375. The van der Waals surface area contributed by atoms with Crippen LogP contribution in [0.2, 0.25) is 0 Å². The highest BCUT2D eigenvalue weighted by Crippen LogP contribution is 2.32. The number of para-hydroxylation sites is 1. The number of nitrogens with one attached hydrogen (secondary N) is 2. The Labute approximate surface area is 187 Å². The first kappa shape index (κ1) is 23.1. The lowest BCUT2D eigenvalue weighted by Crippen LogP contribution is -2.35. The van der Waals surface area contributed by atoms with Crippen molar-refractivity contribution in [2.24, 2.45) is 5.92 Å². The van der Waals surface area contributed by atoms with Crippen LogP contribution in [0.3, 0.4) is 0 Å². The Morgan fingerprint density at radius 1 is 1.06 bits per heavy atom. The van der Waals surface area contributed by atoms with Gasteiger partial charge in [0.2, 0.25) is 5.91 Å². The predicted molar refractivity (Wildman–Crippen MR) is 121 cm³/mol. The first-order valence-corrected chi connectivity index (χ1v) is 10.6. The number of hydrogen-bond donors (Lipinski definition) is 2. The van der Waals surface area contributed by atoms with Gasteiger partial charge in [0.25, 0.3) is 5.91 Å². The zero-order chi connectivity index (χ0) is 23.3. The number of amides is 4. The highest BCUT2D eigenvalue weighted by atomic mass is 16.5. The molecule has 2 atom stereocenters. The van der Waals surface area contributed by atoms with Crippen molar-refractivity contribution >= 4 is 23.5 Å². The van der Waals surface area contributed by atoms with E-state index in [2.05, 4.69) is 10.6 Å². The second-order valence-corrected chi connectivity index (χ2v) is 7.95. The summed E-state index contributed by atoms with van der Waals surface area (Å²) in [7, 11) is 3.14. The fourth-order valence-corrected chi connectivity index (χ4v) is 3.75. The van der Waals surface area contributed by atoms with Gasteiger partial charge < -0.3 is 20.1 Å². The average molecular weight is 440 g/mol. The Morgan fingerprint density at radius 3 is 2.38 bits per heavy atom. The quantitative estimate of drug-likeness (QED) is 0.584. The van der Waals surface area contributed by atoms with Crippen LogP contribution in [0.25, 0.3) is 0 Å². The van der Waals surface area contributed by atoms with Gasteiger partial charge in [0.15, 0.2) is 11.5 Å². The van der Waals surface area contributed by atoms with Gasteiger partial charge in [-0.3, -0.25) is 9.59 Å². The van der Waals surface area contributed by atoms with Crippen molar-refractivity contribution in [3.8, 4) is 11.5 Å². The van der Waals surface area contributed by atoms with E-state index in [1.54, 1.807) is 44.6 Å². The van der Waals surface area contributed by atoms with Gasteiger partial charge in [-0.2, -0.15) is 0 Å². The van der Waals surface area contributed by atoms with Crippen LogP contribution in [-0.2, 0) is 9.59 Å². The number of anilines is 1. The fourth-order valence-electron chi connectivity index (χ4n) is 3.75. The monoisotopic (exact) mass is 439 g/mol. The highest BCUT2D eigenvalue weighted by molar-refractivity contribution is 6.21. The molecule has 170 valence electrons. The molecule has 2 N–H and O–H groups in total. The molecule has 32 heavy (non-hydrogen) atoms. The number of rotatable bonds is 9. The van der Waals surface area contributed by atoms with Crippen LogP contribution in [0, 0.1) is 5.92 Å². The predicted octanol–water partition coefficient (Wildman–Crippen LogP) is 3.42. The van der Waals surface area contributed by atoms with Gasteiger partial charge in [-0.25, -0.2) is 9.69 Å². The Kier molecular flexibility index (Phi) is 7.35. The third-order valence-electron chi connectivity index (χ3n) is 5.44. The summed E-state index contributed by atoms with van der Waals surface area (Å²) in [4.78, 5) is 38.8. The average Bonchev–Trinajstić information content (AvgIpc) is 3.08. The molecule has 1 saturated heterocycles. The minimum Gasteiger partial charge on any atom is -0.493 e.